The molecule has 4 nitrogen and oxygen atoms in total. The number of hydrogen-bond acceptors (Lipinski definition) is 4. The SMILES string of the molecule is CC(C)C[C@H](N)C(=O)N(C)Cc1nc2ccccc2s1.Cl.Cl. The van der Waals surface area contributed by atoms with Gasteiger partial charge in [0.2, 0.25) is 5.91 Å². The number of para-hydroxylation sites is 1. The molecule has 0 bridgehead atoms. The summed E-state index contributed by atoms with van der Waals surface area (Å²) in [5, 5.41) is 0.943. The number of hydrogen-bond donors (Lipinski definition) is 1. The average molecular weight is 364 g/mol. The molecule has 0 aliphatic heterocycles. The van der Waals surface area contributed by atoms with Gasteiger partial charge >= 0.3 is 0 Å². The molecule has 0 spiro atoms. The van der Waals surface area contributed by atoms with Crippen LogP contribution < -0.4 is 5.73 Å². The van der Waals surface area contributed by atoms with Gasteiger partial charge in [0.1, 0.15) is 5.01 Å². The Labute approximate surface area is 147 Å². The van der Waals surface area contributed by atoms with Crippen LogP contribution in [0.25, 0.3) is 10.2 Å². The number of fused-ring (bicyclic) bond motifs is 1. The molecule has 0 unspecified atom stereocenters. The molecule has 0 saturated carbocycles. The fourth-order valence-electron chi connectivity index (χ4n) is 2.16. The van der Waals surface area contributed by atoms with Gasteiger partial charge < -0.3 is 10.6 Å². The lowest BCUT2D eigenvalue weighted by Gasteiger charge is -2.21. The number of thiazole rings is 1. The number of halogens is 2. The molecule has 2 N–H and O–H groups in total. The largest absolute Gasteiger partial charge is 0.338 e. The van der Waals surface area contributed by atoms with E-state index in [4.69, 9.17) is 5.73 Å². The van der Waals surface area contributed by atoms with E-state index in [1.54, 1.807) is 23.3 Å². The van der Waals surface area contributed by atoms with Crippen molar-refractivity contribution in [3.05, 3.63) is 29.3 Å². The van der Waals surface area contributed by atoms with Gasteiger partial charge in [-0.25, -0.2) is 4.98 Å². The molecule has 2 aromatic rings. The van der Waals surface area contributed by atoms with Crippen LogP contribution in [0.1, 0.15) is 25.3 Å². The monoisotopic (exact) mass is 363 g/mol. The van der Waals surface area contributed by atoms with Crippen LogP contribution in [-0.2, 0) is 11.3 Å². The molecule has 0 aliphatic carbocycles. The highest BCUT2D eigenvalue weighted by atomic mass is 35.5. The van der Waals surface area contributed by atoms with Gasteiger partial charge in [-0.1, -0.05) is 26.0 Å². The third kappa shape index (κ3) is 5.39. The summed E-state index contributed by atoms with van der Waals surface area (Å²) in [7, 11) is 1.79. The van der Waals surface area contributed by atoms with Gasteiger partial charge in [0.25, 0.3) is 0 Å². The minimum absolute atomic E-state index is 0. The van der Waals surface area contributed by atoms with E-state index in [9.17, 15) is 4.79 Å². The summed E-state index contributed by atoms with van der Waals surface area (Å²) in [6, 6.07) is 7.58. The van der Waals surface area contributed by atoms with Gasteiger partial charge in [-0.05, 0) is 24.5 Å². The summed E-state index contributed by atoms with van der Waals surface area (Å²) in [6.45, 7) is 4.66. The van der Waals surface area contributed by atoms with E-state index in [0.717, 1.165) is 15.2 Å². The number of nitrogens with zero attached hydrogens (tertiary/aromatic N) is 2. The number of benzene rings is 1. The lowest BCUT2D eigenvalue weighted by atomic mass is 10.0. The highest BCUT2D eigenvalue weighted by Gasteiger charge is 2.20. The third-order valence-corrected chi connectivity index (χ3v) is 4.15. The number of likely N-dealkylation sites (N-methyl/N-ethyl adjacent to an activating group) is 1. The van der Waals surface area contributed by atoms with Crippen LogP contribution in [0, 0.1) is 5.92 Å². The van der Waals surface area contributed by atoms with Crippen LogP contribution >= 0.6 is 36.2 Å². The van der Waals surface area contributed by atoms with E-state index in [1.165, 1.54) is 0 Å². The van der Waals surface area contributed by atoms with Crippen LogP contribution in [0.15, 0.2) is 24.3 Å². The van der Waals surface area contributed by atoms with E-state index in [1.807, 2.05) is 24.3 Å². The molecular formula is C15H23Cl2N3OS. The maximum atomic E-state index is 12.2. The Bertz CT molecular complexity index is 570. The summed E-state index contributed by atoms with van der Waals surface area (Å²) >= 11 is 1.62. The summed E-state index contributed by atoms with van der Waals surface area (Å²) in [5.41, 5.74) is 6.93. The van der Waals surface area contributed by atoms with Crippen LogP contribution in [0.4, 0.5) is 0 Å². The summed E-state index contributed by atoms with van der Waals surface area (Å²) in [6.07, 6.45) is 0.711. The third-order valence-electron chi connectivity index (χ3n) is 3.13. The number of nitrogens with two attached hydrogens (primary N) is 1. The Kier molecular flexibility index (Phi) is 8.93. The van der Waals surface area contributed by atoms with Crippen molar-refractivity contribution < 1.29 is 4.79 Å². The lowest BCUT2D eigenvalue weighted by molar-refractivity contribution is -0.132. The Morgan fingerprint density at radius 1 is 1.32 bits per heavy atom. The number of aromatic nitrogens is 1. The van der Waals surface area contributed by atoms with Gasteiger partial charge in [0.15, 0.2) is 0 Å². The molecule has 0 fully saturated rings. The highest BCUT2D eigenvalue weighted by Crippen LogP contribution is 2.22. The van der Waals surface area contributed by atoms with E-state index in [0.29, 0.717) is 18.9 Å². The molecule has 1 atom stereocenters. The molecule has 1 aromatic heterocycles. The van der Waals surface area contributed by atoms with Crippen molar-refractivity contribution in [2.24, 2.45) is 11.7 Å². The molecule has 0 aliphatic rings. The van der Waals surface area contributed by atoms with Crippen molar-refractivity contribution >= 4 is 52.3 Å². The number of carbonyl (C=O) groups excluding carboxylic acids is 1. The van der Waals surface area contributed by atoms with Crippen LogP contribution in [0.5, 0.6) is 0 Å². The van der Waals surface area contributed by atoms with Gasteiger partial charge in [-0.2, -0.15) is 0 Å². The zero-order chi connectivity index (χ0) is 14.7. The van der Waals surface area contributed by atoms with Crippen LogP contribution in [0.2, 0.25) is 0 Å². The van der Waals surface area contributed by atoms with Crippen molar-refractivity contribution in [2.45, 2.75) is 32.9 Å². The van der Waals surface area contributed by atoms with E-state index < -0.39 is 6.04 Å². The summed E-state index contributed by atoms with van der Waals surface area (Å²) in [5.74, 6) is 0.405. The maximum absolute atomic E-state index is 12.2. The predicted octanol–water partition coefficient (Wildman–Crippen LogP) is 3.47. The topological polar surface area (TPSA) is 59.2 Å². The number of amides is 1. The lowest BCUT2D eigenvalue weighted by Crippen LogP contribution is -2.42. The smallest absolute Gasteiger partial charge is 0.239 e. The normalized spacial score (nSPS) is 11.7. The van der Waals surface area contributed by atoms with Crippen LogP contribution in [-0.4, -0.2) is 28.9 Å². The fraction of sp³-hybridized carbons (Fsp3) is 0.467. The van der Waals surface area contributed by atoms with Gasteiger partial charge in [-0.3, -0.25) is 4.79 Å². The summed E-state index contributed by atoms with van der Waals surface area (Å²) in [4.78, 5) is 18.4. The maximum Gasteiger partial charge on any atom is 0.239 e. The first-order valence-electron chi connectivity index (χ1n) is 6.82. The second-order valence-electron chi connectivity index (χ2n) is 5.51. The first-order chi connectivity index (χ1) is 9.47. The van der Waals surface area contributed by atoms with Crippen molar-refractivity contribution in [1.29, 1.82) is 0 Å². The number of rotatable bonds is 5. The molecule has 0 radical (unpaired) electrons. The summed E-state index contributed by atoms with van der Waals surface area (Å²) < 4.78 is 1.15. The van der Waals surface area contributed by atoms with Crippen molar-refractivity contribution in [2.75, 3.05) is 7.05 Å². The van der Waals surface area contributed by atoms with Gasteiger partial charge in [-0.15, -0.1) is 36.2 Å². The second kappa shape index (κ2) is 9.30. The van der Waals surface area contributed by atoms with Crippen LogP contribution in [0.3, 0.4) is 0 Å². The molecule has 1 aromatic carbocycles. The molecule has 7 heteroatoms. The zero-order valence-corrected chi connectivity index (χ0v) is 15.4. The van der Waals surface area contributed by atoms with Crippen molar-refractivity contribution in [3.63, 3.8) is 0 Å². The Hall–Kier alpha value is -0.880. The van der Waals surface area contributed by atoms with E-state index in [-0.39, 0.29) is 30.7 Å². The Morgan fingerprint density at radius 2 is 1.95 bits per heavy atom. The molecule has 124 valence electrons. The first kappa shape index (κ1) is 21.1. The molecule has 0 saturated heterocycles. The average Bonchev–Trinajstić information content (AvgIpc) is 2.78. The predicted molar refractivity (Wildman–Crippen MR) is 98.0 cm³/mol. The molecule has 1 heterocycles. The Balaban J connectivity index is 0.00000220. The second-order valence-corrected chi connectivity index (χ2v) is 6.62. The molecular weight excluding hydrogens is 341 g/mol. The van der Waals surface area contributed by atoms with Gasteiger partial charge in [0.05, 0.1) is 22.8 Å². The van der Waals surface area contributed by atoms with E-state index in [2.05, 4.69) is 18.8 Å². The minimum Gasteiger partial charge on any atom is -0.338 e. The quantitative estimate of drug-likeness (QED) is 0.884. The first-order valence-corrected chi connectivity index (χ1v) is 7.64. The van der Waals surface area contributed by atoms with E-state index >= 15 is 0 Å². The van der Waals surface area contributed by atoms with Crippen molar-refractivity contribution in [3.8, 4) is 0 Å². The standard InChI is InChI=1S/C15H21N3OS.2ClH/c1-10(2)8-11(16)15(19)18(3)9-14-17-12-6-4-5-7-13(12)20-14;;/h4-7,10-11H,8-9,16H2,1-3H3;2*1H/t11-;;/m0../s1. The molecule has 22 heavy (non-hydrogen) atoms. The fourth-order valence-corrected chi connectivity index (χ4v) is 3.18. The van der Waals surface area contributed by atoms with Crippen molar-refractivity contribution in [1.82, 2.24) is 9.88 Å². The molecule has 2 rings (SSSR count). The minimum atomic E-state index is -0.422. The molecule has 1 amide bonds. The number of carbonyl (C=O) groups is 1. The Morgan fingerprint density at radius 3 is 2.55 bits per heavy atom. The zero-order valence-electron chi connectivity index (χ0n) is 13.0. The van der Waals surface area contributed by atoms with Gasteiger partial charge in [0, 0.05) is 7.05 Å². The highest BCUT2D eigenvalue weighted by molar-refractivity contribution is 7.18.